The number of fused-ring (bicyclic) bond motifs is 1. The molecule has 6 nitrogen and oxygen atoms in total. The number of likely N-dealkylation sites (N-methyl/N-ethyl adjacent to an activating group) is 1. The van der Waals surface area contributed by atoms with Crippen LogP contribution in [-0.4, -0.2) is 72.5 Å². The smallest absolute Gasteiger partial charge is 0.237 e. The van der Waals surface area contributed by atoms with Gasteiger partial charge in [0.1, 0.15) is 11.3 Å². The number of amides is 1. The molecular weight excluding hydrogens is 364 g/mol. The molecule has 156 valence electrons. The number of carbonyl (C=O) groups is 1. The van der Waals surface area contributed by atoms with Crippen molar-refractivity contribution >= 4 is 5.91 Å². The van der Waals surface area contributed by atoms with Crippen molar-refractivity contribution in [3.8, 4) is 11.8 Å². The van der Waals surface area contributed by atoms with Gasteiger partial charge in [0, 0.05) is 46.2 Å². The van der Waals surface area contributed by atoms with E-state index < -0.39 is 5.54 Å². The number of nitrogens with zero attached hydrogens (tertiary/aromatic N) is 4. The fourth-order valence-electron chi connectivity index (χ4n) is 4.90. The molecule has 2 heterocycles. The van der Waals surface area contributed by atoms with Gasteiger partial charge in [0.25, 0.3) is 0 Å². The van der Waals surface area contributed by atoms with Crippen LogP contribution in [0.5, 0.6) is 5.75 Å². The van der Waals surface area contributed by atoms with E-state index in [9.17, 15) is 10.1 Å². The molecule has 0 atom stereocenters. The highest BCUT2D eigenvalue weighted by Crippen LogP contribution is 2.32. The maximum absolute atomic E-state index is 12.9. The summed E-state index contributed by atoms with van der Waals surface area (Å²) in [6.45, 7) is 5.89. The Morgan fingerprint density at radius 1 is 1.17 bits per heavy atom. The van der Waals surface area contributed by atoms with Gasteiger partial charge in [-0.25, -0.2) is 0 Å². The largest absolute Gasteiger partial charge is 0.493 e. The lowest BCUT2D eigenvalue weighted by atomic mass is 9.81. The van der Waals surface area contributed by atoms with Crippen molar-refractivity contribution in [3.05, 3.63) is 29.3 Å². The SMILES string of the molecule is CN(C(=O)CN1CCN(Cc2ccc3c(c2)CCO3)CC1)C1(C#N)CCCCC1. The molecule has 0 N–H and O–H groups in total. The topological polar surface area (TPSA) is 59.8 Å². The van der Waals surface area contributed by atoms with E-state index in [4.69, 9.17) is 4.74 Å². The molecule has 1 saturated carbocycles. The average Bonchev–Trinajstić information content (AvgIpc) is 3.23. The van der Waals surface area contributed by atoms with E-state index in [1.165, 1.54) is 17.5 Å². The molecule has 1 aromatic carbocycles. The number of piperazine rings is 1. The molecule has 0 aromatic heterocycles. The van der Waals surface area contributed by atoms with Crippen molar-refractivity contribution in [1.82, 2.24) is 14.7 Å². The number of hydrogen-bond donors (Lipinski definition) is 0. The van der Waals surface area contributed by atoms with Gasteiger partial charge >= 0.3 is 0 Å². The third kappa shape index (κ3) is 4.41. The van der Waals surface area contributed by atoms with E-state index in [-0.39, 0.29) is 5.91 Å². The Balaban J connectivity index is 1.26. The molecule has 3 aliphatic rings. The average molecular weight is 397 g/mol. The fourth-order valence-corrected chi connectivity index (χ4v) is 4.90. The standard InChI is InChI=1S/C23H32N4O2/c1-25(23(18-24)8-3-2-4-9-23)22(28)17-27-12-10-26(11-13-27)16-19-5-6-21-20(15-19)7-14-29-21/h5-6,15H,2-4,7-14,16-17H2,1H3. The predicted molar refractivity (Wildman–Crippen MR) is 112 cm³/mol. The first kappa shape index (κ1) is 20.2. The van der Waals surface area contributed by atoms with Crippen LogP contribution in [0, 0.1) is 11.3 Å². The fraction of sp³-hybridized carbons (Fsp3) is 0.652. The summed E-state index contributed by atoms with van der Waals surface area (Å²) >= 11 is 0. The summed E-state index contributed by atoms with van der Waals surface area (Å²) in [5, 5.41) is 9.73. The van der Waals surface area contributed by atoms with Gasteiger partial charge in [-0.1, -0.05) is 31.4 Å². The van der Waals surface area contributed by atoms with Crippen LogP contribution >= 0.6 is 0 Å². The molecule has 2 aliphatic heterocycles. The van der Waals surface area contributed by atoms with Crippen molar-refractivity contribution in [1.29, 1.82) is 5.26 Å². The second kappa shape index (κ2) is 8.73. The Kier molecular flexibility index (Phi) is 6.07. The Morgan fingerprint density at radius 2 is 1.90 bits per heavy atom. The molecule has 1 saturated heterocycles. The molecule has 1 aliphatic carbocycles. The first-order valence-corrected chi connectivity index (χ1v) is 11.0. The number of rotatable bonds is 5. The number of nitriles is 1. The number of ether oxygens (including phenoxy) is 1. The van der Waals surface area contributed by atoms with Crippen molar-refractivity contribution in [2.24, 2.45) is 0 Å². The van der Waals surface area contributed by atoms with Gasteiger partial charge in [-0.2, -0.15) is 5.26 Å². The second-order valence-electron chi connectivity index (χ2n) is 8.75. The molecule has 0 spiro atoms. The minimum absolute atomic E-state index is 0.0838. The van der Waals surface area contributed by atoms with Crippen LogP contribution in [0.15, 0.2) is 18.2 Å². The van der Waals surface area contributed by atoms with E-state index in [0.29, 0.717) is 6.54 Å². The summed E-state index contributed by atoms with van der Waals surface area (Å²) < 4.78 is 5.60. The van der Waals surface area contributed by atoms with Crippen LogP contribution in [0.3, 0.4) is 0 Å². The molecule has 6 heteroatoms. The minimum atomic E-state index is -0.589. The zero-order valence-corrected chi connectivity index (χ0v) is 17.5. The summed E-state index contributed by atoms with van der Waals surface area (Å²) in [5.41, 5.74) is 2.07. The van der Waals surface area contributed by atoms with Gasteiger partial charge in [-0.3, -0.25) is 14.6 Å². The molecule has 4 rings (SSSR count). The normalized spacial score (nSPS) is 21.8. The summed E-state index contributed by atoms with van der Waals surface area (Å²) in [6.07, 6.45) is 5.88. The van der Waals surface area contributed by atoms with Crippen molar-refractivity contribution in [2.45, 2.75) is 50.6 Å². The van der Waals surface area contributed by atoms with Crippen molar-refractivity contribution in [3.63, 3.8) is 0 Å². The molecule has 2 fully saturated rings. The molecule has 0 radical (unpaired) electrons. The van der Waals surface area contributed by atoms with Gasteiger partial charge < -0.3 is 9.64 Å². The van der Waals surface area contributed by atoms with E-state index in [1.54, 1.807) is 4.90 Å². The summed E-state index contributed by atoms with van der Waals surface area (Å²) in [5.74, 6) is 1.12. The third-order valence-corrected chi connectivity index (χ3v) is 6.89. The molecule has 1 aromatic rings. The third-order valence-electron chi connectivity index (χ3n) is 6.89. The summed E-state index contributed by atoms with van der Waals surface area (Å²) in [7, 11) is 1.82. The minimum Gasteiger partial charge on any atom is -0.493 e. The highest BCUT2D eigenvalue weighted by atomic mass is 16.5. The summed E-state index contributed by atoms with van der Waals surface area (Å²) in [6, 6.07) is 9.00. The van der Waals surface area contributed by atoms with Gasteiger partial charge in [-0.05, 0) is 30.0 Å². The predicted octanol–water partition coefficient (Wildman–Crippen LogP) is 2.42. The van der Waals surface area contributed by atoms with E-state index >= 15 is 0 Å². The zero-order valence-electron chi connectivity index (χ0n) is 17.5. The maximum Gasteiger partial charge on any atom is 0.237 e. The highest BCUT2D eigenvalue weighted by molar-refractivity contribution is 5.79. The molecule has 0 unspecified atom stereocenters. The number of carbonyl (C=O) groups excluding carboxylic acids is 1. The second-order valence-corrected chi connectivity index (χ2v) is 8.75. The van der Waals surface area contributed by atoms with Gasteiger partial charge in [0.15, 0.2) is 0 Å². The zero-order chi connectivity index (χ0) is 20.3. The van der Waals surface area contributed by atoms with Gasteiger partial charge in [0.2, 0.25) is 5.91 Å². The Labute approximate surface area is 174 Å². The highest BCUT2D eigenvalue weighted by Gasteiger charge is 2.39. The van der Waals surface area contributed by atoms with Crippen LogP contribution in [0.1, 0.15) is 43.2 Å². The molecule has 1 amide bonds. The Morgan fingerprint density at radius 3 is 2.62 bits per heavy atom. The van der Waals surface area contributed by atoms with Crippen LogP contribution in [0.4, 0.5) is 0 Å². The quantitative estimate of drug-likeness (QED) is 0.765. The van der Waals surface area contributed by atoms with Gasteiger partial charge in [0.05, 0.1) is 19.2 Å². The van der Waals surface area contributed by atoms with Crippen LogP contribution in [0.2, 0.25) is 0 Å². The van der Waals surface area contributed by atoms with Gasteiger partial charge in [-0.15, -0.1) is 0 Å². The van der Waals surface area contributed by atoms with E-state index in [1.807, 2.05) is 7.05 Å². The Hall–Kier alpha value is -2.10. The lowest BCUT2D eigenvalue weighted by Gasteiger charge is -2.41. The van der Waals surface area contributed by atoms with Crippen molar-refractivity contribution < 1.29 is 9.53 Å². The molecule has 29 heavy (non-hydrogen) atoms. The van der Waals surface area contributed by atoms with Crippen LogP contribution in [0.25, 0.3) is 0 Å². The molecular formula is C23H32N4O2. The lowest BCUT2D eigenvalue weighted by molar-refractivity contribution is -0.136. The van der Waals surface area contributed by atoms with E-state index in [0.717, 1.165) is 77.2 Å². The monoisotopic (exact) mass is 396 g/mol. The Bertz CT molecular complexity index is 774. The summed E-state index contributed by atoms with van der Waals surface area (Å²) in [4.78, 5) is 19.3. The number of benzene rings is 1. The van der Waals surface area contributed by atoms with E-state index in [2.05, 4.69) is 34.1 Å². The number of hydrogen-bond acceptors (Lipinski definition) is 5. The van der Waals surface area contributed by atoms with Crippen molar-refractivity contribution in [2.75, 3.05) is 46.4 Å². The maximum atomic E-state index is 12.9. The first-order chi connectivity index (χ1) is 14.1. The molecule has 0 bridgehead atoms. The first-order valence-electron chi connectivity index (χ1n) is 11.0. The van der Waals surface area contributed by atoms with Crippen LogP contribution in [-0.2, 0) is 17.8 Å². The lowest BCUT2D eigenvalue weighted by Crippen LogP contribution is -2.54. The van der Waals surface area contributed by atoms with Crippen LogP contribution < -0.4 is 4.74 Å².